The number of nitrogens with two attached hydrogens (primary N) is 1. The number of nitrogens with one attached hydrogen (secondary N) is 1. The van der Waals surface area contributed by atoms with Crippen molar-refractivity contribution in [2.24, 2.45) is 5.92 Å². The van der Waals surface area contributed by atoms with Crippen molar-refractivity contribution in [3.63, 3.8) is 0 Å². The summed E-state index contributed by atoms with van der Waals surface area (Å²) in [6.45, 7) is 5.21. The number of anilines is 1. The number of benzene rings is 1. The summed E-state index contributed by atoms with van der Waals surface area (Å²) in [5.41, 5.74) is 6.25. The molecule has 17 heavy (non-hydrogen) atoms. The van der Waals surface area contributed by atoms with Gasteiger partial charge in [0, 0.05) is 12.2 Å². The van der Waals surface area contributed by atoms with Gasteiger partial charge in [-0.25, -0.2) is 0 Å². The lowest BCUT2D eigenvalue weighted by Crippen LogP contribution is -2.28. The molecule has 3 N–H and O–H groups in total. The number of hydrogen-bond donors (Lipinski definition) is 2. The third-order valence-electron chi connectivity index (χ3n) is 2.19. The largest absolute Gasteiger partial charge is 0.493 e. The number of hydrogen-bond acceptors (Lipinski definition) is 3. The van der Waals surface area contributed by atoms with Gasteiger partial charge in [0.15, 0.2) is 0 Å². The van der Waals surface area contributed by atoms with E-state index in [0.29, 0.717) is 31.2 Å². The summed E-state index contributed by atoms with van der Waals surface area (Å²) in [6, 6.07) is 7.13. The Morgan fingerprint density at radius 3 is 2.59 bits per heavy atom. The van der Waals surface area contributed by atoms with Crippen molar-refractivity contribution in [3.05, 3.63) is 24.3 Å². The maximum absolute atomic E-state index is 11.4. The van der Waals surface area contributed by atoms with Crippen molar-refractivity contribution in [1.82, 2.24) is 5.32 Å². The minimum absolute atomic E-state index is 0.0224. The first-order valence-corrected chi connectivity index (χ1v) is 5.83. The van der Waals surface area contributed by atoms with Crippen molar-refractivity contribution < 1.29 is 9.53 Å². The SMILES string of the molecule is CC(C)CNC(=O)CCOc1ccc(N)cc1. The molecule has 4 heteroatoms. The summed E-state index contributed by atoms with van der Waals surface area (Å²) in [4.78, 5) is 11.4. The maximum Gasteiger partial charge on any atom is 0.223 e. The fourth-order valence-corrected chi connectivity index (χ4v) is 1.23. The molecule has 0 bridgehead atoms. The van der Waals surface area contributed by atoms with E-state index in [9.17, 15) is 4.79 Å². The third kappa shape index (κ3) is 5.80. The molecule has 1 aromatic carbocycles. The van der Waals surface area contributed by atoms with Gasteiger partial charge in [-0.1, -0.05) is 13.8 Å². The second-order valence-corrected chi connectivity index (χ2v) is 4.37. The molecular weight excluding hydrogens is 216 g/mol. The predicted molar refractivity (Wildman–Crippen MR) is 68.8 cm³/mol. The van der Waals surface area contributed by atoms with E-state index in [1.165, 1.54) is 0 Å². The van der Waals surface area contributed by atoms with Crippen LogP contribution < -0.4 is 15.8 Å². The molecule has 0 aliphatic carbocycles. The average Bonchev–Trinajstić information content (AvgIpc) is 2.29. The van der Waals surface area contributed by atoms with Gasteiger partial charge in [0.2, 0.25) is 5.91 Å². The first kappa shape index (κ1) is 13.4. The molecule has 0 aliphatic heterocycles. The second kappa shape index (κ2) is 6.78. The standard InChI is InChI=1S/C13H20N2O2/c1-10(2)9-15-13(16)7-8-17-12-5-3-11(14)4-6-12/h3-6,10H,7-9,14H2,1-2H3,(H,15,16). The van der Waals surface area contributed by atoms with Gasteiger partial charge in [0.1, 0.15) is 5.75 Å². The van der Waals surface area contributed by atoms with E-state index >= 15 is 0 Å². The van der Waals surface area contributed by atoms with Crippen LogP contribution in [-0.2, 0) is 4.79 Å². The molecule has 0 radical (unpaired) electrons. The molecule has 0 unspecified atom stereocenters. The Balaban J connectivity index is 2.19. The van der Waals surface area contributed by atoms with Crippen LogP contribution in [0.25, 0.3) is 0 Å². The molecule has 1 amide bonds. The van der Waals surface area contributed by atoms with Crippen LogP contribution in [0, 0.1) is 5.92 Å². The Kier molecular flexibility index (Phi) is 5.33. The van der Waals surface area contributed by atoms with Crippen LogP contribution in [0.4, 0.5) is 5.69 Å². The van der Waals surface area contributed by atoms with E-state index < -0.39 is 0 Å². The van der Waals surface area contributed by atoms with Crippen molar-refractivity contribution in [3.8, 4) is 5.75 Å². The number of nitrogen functional groups attached to an aromatic ring is 1. The number of rotatable bonds is 6. The average molecular weight is 236 g/mol. The fourth-order valence-electron chi connectivity index (χ4n) is 1.23. The van der Waals surface area contributed by atoms with Crippen LogP contribution in [0.1, 0.15) is 20.3 Å². The fraction of sp³-hybridized carbons (Fsp3) is 0.462. The van der Waals surface area contributed by atoms with Gasteiger partial charge in [0.25, 0.3) is 0 Å². The summed E-state index contributed by atoms with van der Waals surface area (Å²) in [5.74, 6) is 1.22. The second-order valence-electron chi connectivity index (χ2n) is 4.37. The Morgan fingerprint density at radius 2 is 2.00 bits per heavy atom. The number of carbonyl (C=O) groups excluding carboxylic acids is 1. The quantitative estimate of drug-likeness (QED) is 0.740. The molecule has 0 saturated carbocycles. The Hall–Kier alpha value is -1.71. The molecule has 0 heterocycles. The van der Waals surface area contributed by atoms with Crippen molar-refractivity contribution in [2.45, 2.75) is 20.3 Å². The Morgan fingerprint density at radius 1 is 1.35 bits per heavy atom. The minimum Gasteiger partial charge on any atom is -0.493 e. The van der Waals surface area contributed by atoms with Gasteiger partial charge >= 0.3 is 0 Å². The third-order valence-corrected chi connectivity index (χ3v) is 2.19. The molecular formula is C13H20N2O2. The highest BCUT2D eigenvalue weighted by Crippen LogP contribution is 2.12. The van der Waals surface area contributed by atoms with Gasteiger partial charge in [-0.3, -0.25) is 4.79 Å². The summed E-state index contributed by atoms with van der Waals surface area (Å²) in [5, 5.41) is 2.84. The number of carbonyl (C=O) groups is 1. The normalized spacial score (nSPS) is 10.3. The molecule has 0 saturated heterocycles. The van der Waals surface area contributed by atoms with Gasteiger partial charge in [-0.05, 0) is 30.2 Å². The van der Waals surface area contributed by atoms with Crippen LogP contribution in [0.2, 0.25) is 0 Å². The first-order chi connectivity index (χ1) is 8.08. The van der Waals surface area contributed by atoms with Crippen LogP contribution in [0.3, 0.4) is 0 Å². The maximum atomic E-state index is 11.4. The summed E-state index contributed by atoms with van der Waals surface area (Å²) in [6.07, 6.45) is 0.372. The van der Waals surface area contributed by atoms with Crippen LogP contribution in [0.15, 0.2) is 24.3 Å². The van der Waals surface area contributed by atoms with Crippen LogP contribution >= 0.6 is 0 Å². The van der Waals surface area contributed by atoms with Crippen molar-refractivity contribution in [2.75, 3.05) is 18.9 Å². The number of ether oxygens (including phenoxy) is 1. The van der Waals surface area contributed by atoms with Gasteiger partial charge < -0.3 is 15.8 Å². The Labute approximate surface area is 102 Å². The monoisotopic (exact) mass is 236 g/mol. The van der Waals surface area contributed by atoms with Crippen LogP contribution in [0.5, 0.6) is 5.75 Å². The van der Waals surface area contributed by atoms with E-state index in [1.54, 1.807) is 24.3 Å². The lowest BCUT2D eigenvalue weighted by Gasteiger charge is -2.08. The molecule has 0 atom stereocenters. The number of amides is 1. The van der Waals surface area contributed by atoms with E-state index in [4.69, 9.17) is 10.5 Å². The van der Waals surface area contributed by atoms with Gasteiger partial charge in [-0.2, -0.15) is 0 Å². The predicted octanol–water partition coefficient (Wildman–Crippen LogP) is 1.81. The minimum atomic E-state index is 0.0224. The molecule has 94 valence electrons. The zero-order valence-corrected chi connectivity index (χ0v) is 10.4. The molecule has 0 spiro atoms. The highest BCUT2D eigenvalue weighted by molar-refractivity contribution is 5.75. The molecule has 1 rings (SSSR count). The summed E-state index contributed by atoms with van der Waals surface area (Å²) < 4.78 is 5.42. The lowest BCUT2D eigenvalue weighted by molar-refractivity contribution is -0.121. The van der Waals surface area contributed by atoms with Gasteiger partial charge in [0.05, 0.1) is 13.0 Å². The van der Waals surface area contributed by atoms with Crippen molar-refractivity contribution in [1.29, 1.82) is 0 Å². The molecule has 0 aromatic heterocycles. The van der Waals surface area contributed by atoms with E-state index in [2.05, 4.69) is 19.2 Å². The topological polar surface area (TPSA) is 64.3 Å². The molecule has 0 aliphatic rings. The highest BCUT2D eigenvalue weighted by atomic mass is 16.5. The van der Waals surface area contributed by atoms with E-state index in [0.717, 1.165) is 5.75 Å². The molecule has 0 fully saturated rings. The van der Waals surface area contributed by atoms with Crippen LogP contribution in [-0.4, -0.2) is 19.1 Å². The zero-order valence-electron chi connectivity index (χ0n) is 10.4. The smallest absolute Gasteiger partial charge is 0.223 e. The summed E-state index contributed by atoms with van der Waals surface area (Å²) in [7, 11) is 0. The van der Waals surface area contributed by atoms with Crippen molar-refractivity contribution >= 4 is 11.6 Å². The lowest BCUT2D eigenvalue weighted by atomic mass is 10.2. The highest BCUT2D eigenvalue weighted by Gasteiger charge is 2.02. The molecule has 4 nitrogen and oxygen atoms in total. The Bertz CT molecular complexity index is 347. The first-order valence-electron chi connectivity index (χ1n) is 5.83. The summed E-state index contributed by atoms with van der Waals surface area (Å²) >= 11 is 0. The van der Waals surface area contributed by atoms with Gasteiger partial charge in [-0.15, -0.1) is 0 Å². The van der Waals surface area contributed by atoms with E-state index in [-0.39, 0.29) is 5.91 Å². The zero-order chi connectivity index (χ0) is 12.7. The molecule has 1 aromatic rings. The van der Waals surface area contributed by atoms with E-state index in [1.807, 2.05) is 0 Å².